The normalized spacial score (nSPS) is 10.8. The van der Waals surface area contributed by atoms with Crippen molar-refractivity contribution in [1.82, 2.24) is 14.8 Å². The molecule has 0 spiro atoms. The van der Waals surface area contributed by atoms with Gasteiger partial charge >= 0.3 is 0 Å². The number of benzene rings is 2. The van der Waals surface area contributed by atoms with Crippen LogP contribution in [0.1, 0.15) is 22.5 Å². The molecule has 0 saturated heterocycles. The van der Waals surface area contributed by atoms with Gasteiger partial charge in [0.25, 0.3) is 0 Å². The van der Waals surface area contributed by atoms with Crippen LogP contribution in [0.5, 0.6) is 5.75 Å². The molecular weight excluding hydrogens is 408 g/mol. The number of nitrogens with one attached hydrogen (secondary N) is 1. The van der Waals surface area contributed by atoms with Gasteiger partial charge in [-0.3, -0.25) is 4.79 Å². The molecule has 1 amide bonds. The molecule has 6 nitrogen and oxygen atoms in total. The van der Waals surface area contributed by atoms with E-state index in [1.165, 1.54) is 11.8 Å². The number of amides is 1. The zero-order valence-electron chi connectivity index (χ0n) is 16.8. The lowest BCUT2D eigenvalue weighted by Gasteiger charge is -2.10. The molecule has 0 bridgehead atoms. The van der Waals surface area contributed by atoms with Gasteiger partial charge in [-0.05, 0) is 55.7 Å². The van der Waals surface area contributed by atoms with Gasteiger partial charge in [0.1, 0.15) is 12.4 Å². The van der Waals surface area contributed by atoms with E-state index in [0.717, 1.165) is 22.4 Å². The van der Waals surface area contributed by atoms with Gasteiger partial charge in [-0.2, -0.15) is 0 Å². The standard InChI is InChI=1S/C21H23ClN4O2S/c1-13-5-7-15(3)17(9-13)23-20(27)12-29-21-25-24-19(26(21)4)11-28-18-10-14(2)6-8-16(18)22/h5-10H,11-12H2,1-4H3,(H,23,27). The molecule has 0 aliphatic carbocycles. The molecule has 0 fully saturated rings. The Labute approximate surface area is 179 Å². The van der Waals surface area contributed by atoms with Gasteiger partial charge in [-0.25, -0.2) is 0 Å². The van der Waals surface area contributed by atoms with Crippen LogP contribution in [0.2, 0.25) is 5.02 Å². The molecule has 0 unspecified atom stereocenters. The van der Waals surface area contributed by atoms with Crippen molar-refractivity contribution in [2.75, 3.05) is 11.1 Å². The molecule has 0 atom stereocenters. The summed E-state index contributed by atoms with van der Waals surface area (Å²) in [6.45, 7) is 6.18. The van der Waals surface area contributed by atoms with E-state index in [2.05, 4.69) is 15.5 Å². The number of halogens is 1. The van der Waals surface area contributed by atoms with E-state index in [9.17, 15) is 4.79 Å². The van der Waals surface area contributed by atoms with Crippen molar-refractivity contribution in [1.29, 1.82) is 0 Å². The zero-order valence-corrected chi connectivity index (χ0v) is 18.4. The highest BCUT2D eigenvalue weighted by molar-refractivity contribution is 7.99. The summed E-state index contributed by atoms with van der Waals surface area (Å²) in [6, 6.07) is 11.6. The Morgan fingerprint density at radius 3 is 2.66 bits per heavy atom. The second kappa shape index (κ2) is 9.33. The van der Waals surface area contributed by atoms with E-state index in [-0.39, 0.29) is 18.3 Å². The number of thioether (sulfide) groups is 1. The highest BCUT2D eigenvalue weighted by Crippen LogP contribution is 2.26. The minimum Gasteiger partial charge on any atom is -0.484 e. The minimum absolute atomic E-state index is 0.0870. The molecule has 1 N–H and O–H groups in total. The van der Waals surface area contributed by atoms with Crippen LogP contribution in [0.3, 0.4) is 0 Å². The molecule has 3 aromatic rings. The summed E-state index contributed by atoms with van der Waals surface area (Å²) in [5.74, 6) is 1.41. The third kappa shape index (κ3) is 5.52. The first-order valence-electron chi connectivity index (χ1n) is 9.10. The van der Waals surface area contributed by atoms with Crippen molar-refractivity contribution in [3.05, 3.63) is 63.9 Å². The number of hydrogen-bond acceptors (Lipinski definition) is 5. The largest absolute Gasteiger partial charge is 0.484 e. The van der Waals surface area contributed by atoms with Crippen LogP contribution in [0.15, 0.2) is 41.6 Å². The SMILES string of the molecule is Cc1ccc(C)c(NC(=O)CSc2nnc(COc3cc(C)ccc3Cl)n2C)c1. The molecule has 1 heterocycles. The minimum atomic E-state index is -0.0870. The van der Waals surface area contributed by atoms with E-state index >= 15 is 0 Å². The lowest BCUT2D eigenvalue weighted by Crippen LogP contribution is -2.15. The fourth-order valence-electron chi connectivity index (χ4n) is 2.65. The number of aromatic nitrogens is 3. The molecule has 0 saturated carbocycles. The van der Waals surface area contributed by atoms with E-state index in [1.807, 2.05) is 62.7 Å². The summed E-state index contributed by atoms with van der Waals surface area (Å²) >= 11 is 7.49. The summed E-state index contributed by atoms with van der Waals surface area (Å²) < 4.78 is 7.60. The number of nitrogens with zero attached hydrogens (tertiary/aromatic N) is 3. The van der Waals surface area contributed by atoms with Crippen LogP contribution in [-0.4, -0.2) is 26.4 Å². The smallest absolute Gasteiger partial charge is 0.234 e. The lowest BCUT2D eigenvalue weighted by molar-refractivity contribution is -0.113. The number of ether oxygens (including phenoxy) is 1. The first-order valence-corrected chi connectivity index (χ1v) is 10.5. The maximum absolute atomic E-state index is 12.3. The van der Waals surface area contributed by atoms with Crippen molar-refractivity contribution in [3.8, 4) is 5.75 Å². The molecule has 1 aromatic heterocycles. The quantitative estimate of drug-likeness (QED) is 0.550. The monoisotopic (exact) mass is 430 g/mol. The highest BCUT2D eigenvalue weighted by atomic mass is 35.5. The van der Waals surface area contributed by atoms with Gasteiger partial charge in [0.2, 0.25) is 5.91 Å². The maximum Gasteiger partial charge on any atom is 0.234 e. The molecule has 8 heteroatoms. The predicted octanol–water partition coefficient (Wildman–Crippen LogP) is 4.70. The Morgan fingerprint density at radius 1 is 1.14 bits per heavy atom. The van der Waals surface area contributed by atoms with Crippen molar-refractivity contribution < 1.29 is 9.53 Å². The van der Waals surface area contributed by atoms with Crippen molar-refractivity contribution >= 4 is 35.0 Å². The fourth-order valence-corrected chi connectivity index (χ4v) is 3.55. The number of carbonyl (C=O) groups excluding carboxylic acids is 1. The van der Waals surface area contributed by atoms with E-state index in [4.69, 9.17) is 16.3 Å². The molecule has 3 rings (SSSR count). The van der Waals surface area contributed by atoms with Crippen LogP contribution >= 0.6 is 23.4 Å². The van der Waals surface area contributed by atoms with Gasteiger partial charge < -0.3 is 14.6 Å². The third-order valence-electron chi connectivity index (χ3n) is 4.37. The van der Waals surface area contributed by atoms with Gasteiger partial charge in [-0.1, -0.05) is 41.6 Å². The summed E-state index contributed by atoms with van der Waals surface area (Å²) in [6.07, 6.45) is 0. The summed E-state index contributed by atoms with van der Waals surface area (Å²) in [4.78, 5) is 12.3. The van der Waals surface area contributed by atoms with Gasteiger partial charge in [0.15, 0.2) is 11.0 Å². The Balaban J connectivity index is 1.57. The van der Waals surface area contributed by atoms with Crippen LogP contribution in [0, 0.1) is 20.8 Å². The Hall–Kier alpha value is -2.51. The summed E-state index contributed by atoms with van der Waals surface area (Å²) in [5, 5.41) is 12.5. The van der Waals surface area contributed by atoms with E-state index in [0.29, 0.717) is 21.8 Å². The van der Waals surface area contributed by atoms with E-state index < -0.39 is 0 Å². The first kappa shape index (κ1) is 21.2. The molecular formula is C21H23ClN4O2S. The number of rotatable bonds is 7. The fraction of sp³-hybridized carbons (Fsp3) is 0.286. The second-order valence-corrected chi connectivity index (χ2v) is 8.19. The zero-order chi connectivity index (χ0) is 21.0. The molecule has 2 aromatic carbocycles. The number of aryl methyl sites for hydroxylation is 3. The Bertz CT molecular complexity index is 1040. The topological polar surface area (TPSA) is 69.0 Å². The maximum atomic E-state index is 12.3. The number of hydrogen-bond donors (Lipinski definition) is 1. The Kier molecular flexibility index (Phi) is 6.82. The third-order valence-corrected chi connectivity index (χ3v) is 5.70. The van der Waals surface area contributed by atoms with E-state index in [1.54, 1.807) is 6.07 Å². The van der Waals surface area contributed by atoms with Crippen molar-refractivity contribution in [3.63, 3.8) is 0 Å². The van der Waals surface area contributed by atoms with Gasteiger partial charge in [0.05, 0.1) is 10.8 Å². The van der Waals surface area contributed by atoms with Crippen molar-refractivity contribution in [2.24, 2.45) is 7.05 Å². The average Bonchev–Trinajstić information content (AvgIpc) is 3.03. The van der Waals surface area contributed by atoms with Crippen LogP contribution in [0.4, 0.5) is 5.69 Å². The highest BCUT2D eigenvalue weighted by Gasteiger charge is 2.13. The molecule has 0 aliphatic heterocycles. The molecule has 0 aliphatic rings. The van der Waals surface area contributed by atoms with Crippen LogP contribution in [0.25, 0.3) is 0 Å². The number of carbonyl (C=O) groups is 1. The lowest BCUT2D eigenvalue weighted by atomic mass is 10.1. The summed E-state index contributed by atoms with van der Waals surface area (Å²) in [7, 11) is 1.85. The predicted molar refractivity (Wildman–Crippen MR) is 117 cm³/mol. The number of anilines is 1. The second-order valence-electron chi connectivity index (χ2n) is 6.84. The summed E-state index contributed by atoms with van der Waals surface area (Å²) in [5.41, 5.74) is 4.03. The average molecular weight is 431 g/mol. The molecule has 152 valence electrons. The van der Waals surface area contributed by atoms with Crippen molar-refractivity contribution in [2.45, 2.75) is 32.5 Å². The van der Waals surface area contributed by atoms with Gasteiger partial charge in [-0.15, -0.1) is 10.2 Å². The Morgan fingerprint density at radius 2 is 1.86 bits per heavy atom. The van der Waals surface area contributed by atoms with Crippen LogP contribution < -0.4 is 10.1 Å². The van der Waals surface area contributed by atoms with Crippen LogP contribution in [-0.2, 0) is 18.4 Å². The molecule has 0 radical (unpaired) electrons. The molecule has 29 heavy (non-hydrogen) atoms. The first-order chi connectivity index (χ1) is 13.8. The van der Waals surface area contributed by atoms with Gasteiger partial charge in [0, 0.05) is 12.7 Å².